The summed E-state index contributed by atoms with van der Waals surface area (Å²) < 4.78 is 39.4. The highest BCUT2D eigenvalue weighted by Crippen LogP contribution is 2.19. The SMILES string of the molecule is C[C@H](On1nnc2ccc(S(=O)(=O)N(C)C)cc21)C(=O)Nc1ccccc1F. The van der Waals surface area contributed by atoms with Crippen molar-refractivity contribution < 1.29 is 22.4 Å². The molecule has 3 aromatic rings. The van der Waals surface area contributed by atoms with Crippen molar-refractivity contribution in [2.24, 2.45) is 0 Å². The van der Waals surface area contributed by atoms with E-state index in [1.807, 2.05) is 0 Å². The van der Waals surface area contributed by atoms with Gasteiger partial charge in [0.15, 0.2) is 0 Å². The number of benzene rings is 2. The Hall–Kier alpha value is -3.05. The number of para-hydroxylation sites is 1. The summed E-state index contributed by atoms with van der Waals surface area (Å²) in [6.07, 6.45) is -1.06. The molecule has 0 aliphatic rings. The quantitative estimate of drug-likeness (QED) is 0.660. The van der Waals surface area contributed by atoms with Crippen LogP contribution in [0.15, 0.2) is 47.4 Å². The zero-order valence-corrected chi connectivity index (χ0v) is 16.1. The summed E-state index contributed by atoms with van der Waals surface area (Å²) in [5.74, 6) is -1.18. The molecule has 0 fully saturated rings. The lowest BCUT2D eigenvalue weighted by Gasteiger charge is -2.15. The van der Waals surface area contributed by atoms with Gasteiger partial charge in [-0.15, -0.1) is 5.10 Å². The minimum Gasteiger partial charge on any atom is -0.382 e. The van der Waals surface area contributed by atoms with Gasteiger partial charge >= 0.3 is 0 Å². The molecule has 2 aromatic carbocycles. The van der Waals surface area contributed by atoms with Crippen LogP contribution in [0.5, 0.6) is 0 Å². The van der Waals surface area contributed by atoms with Crippen LogP contribution in [0, 0.1) is 5.82 Å². The molecule has 9 nitrogen and oxygen atoms in total. The number of halogens is 1. The molecule has 11 heteroatoms. The first-order valence-corrected chi connectivity index (χ1v) is 9.64. The number of carbonyl (C=O) groups is 1. The molecule has 3 rings (SSSR count). The standard InChI is InChI=1S/C17H18FN5O4S/c1-11(17(24)19-14-7-5-4-6-13(14)18)27-23-16-10-12(28(25,26)22(2)3)8-9-15(16)20-21-23/h4-11H,1-3H3,(H,19,24)/t11-/m0/s1. The van der Waals surface area contributed by atoms with Gasteiger partial charge in [-0.1, -0.05) is 17.0 Å². The number of hydrogen-bond donors (Lipinski definition) is 1. The van der Waals surface area contributed by atoms with Gasteiger partial charge in [0.1, 0.15) is 16.9 Å². The molecule has 0 unspecified atom stereocenters. The second-order valence-corrected chi connectivity index (χ2v) is 8.27. The predicted molar refractivity (Wildman–Crippen MR) is 99.5 cm³/mol. The lowest BCUT2D eigenvalue weighted by molar-refractivity contribution is -0.127. The van der Waals surface area contributed by atoms with Gasteiger partial charge in [-0.25, -0.2) is 17.1 Å². The molecule has 0 saturated heterocycles. The number of rotatable bonds is 6. The van der Waals surface area contributed by atoms with Gasteiger partial charge in [0.05, 0.1) is 10.6 Å². The Morgan fingerprint density at radius 2 is 1.96 bits per heavy atom. The van der Waals surface area contributed by atoms with E-state index in [1.54, 1.807) is 6.07 Å². The molecule has 1 amide bonds. The Balaban J connectivity index is 1.84. The van der Waals surface area contributed by atoms with Crippen molar-refractivity contribution in [2.75, 3.05) is 19.4 Å². The van der Waals surface area contributed by atoms with Gasteiger partial charge in [0.2, 0.25) is 16.1 Å². The third-order valence-electron chi connectivity index (χ3n) is 3.92. The molecule has 1 N–H and O–H groups in total. The monoisotopic (exact) mass is 407 g/mol. The van der Waals surface area contributed by atoms with Crippen molar-refractivity contribution in [3.63, 3.8) is 0 Å². The van der Waals surface area contributed by atoms with Crippen molar-refractivity contribution in [1.82, 2.24) is 19.5 Å². The Kier molecular flexibility index (Phi) is 5.29. The number of amides is 1. The van der Waals surface area contributed by atoms with E-state index >= 15 is 0 Å². The first-order valence-electron chi connectivity index (χ1n) is 8.20. The Labute approximate surface area is 160 Å². The maximum absolute atomic E-state index is 13.7. The number of nitrogens with one attached hydrogen (secondary N) is 1. The van der Waals surface area contributed by atoms with Crippen LogP contribution < -0.4 is 10.2 Å². The van der Waals surface area contributed by atoms with Crippen LogP contribution in [0.4, 0.5) is 10.1 Å². The summed E-state index contributed by atoms with van der Waals surface area (Å²) in [6, 6.07) is 9.98. The summed E-state index contributed by atoms with van der Waals surface area (Å²) in [6.45, 7) is 1.45. The van der Waals surface area contributed by atoms with Crippen LogP contribution in [0.25, 0.3) is 11.0 Å². The molecule has 0 aliphatic carbocycles. The molecular formula is C17H18FN5O4S. The Morgan fingerprint density at radius 1 is 1.25 bits per heavy atom. The van der Waals surface area contributed by atoms with Crippen molar-refractivity contribution in [3.05, 3.63) is 48.3 Å². The van der Waals surface area contributed by atoms with Crippen LogP contribution in [-0.4, -0.2) is 54.0 Å². The maximum Gasteiger partial charge on any atom is 0.268 e. The lowest BCUT2D eigenvalue weighted by Crippen LogP contribution is -2.35. The largest absolute Gasteiger partial charge is 0.382 e. The van der Waals surface area contributed by atoms with Crippen molar-refractivity contribution in [3.8, 4) is 0 Å². The van der Waals surface area contributed by atoms with Crippen LogP contribution in [0.1, 0.15) is 6.92 Å². The number of carbonyl (C=O) groups excluding carboxylic acids is 1. The van der Waals surface area contributed by atoms with Gasteiger partial charge < -0.3 is 10.2 Å². The average molecular weight is 407 g/mol. The van der Waals surface area contributed by atoms with E-state index in [4.69, 9.17) is 4.84 Å². The van der Waals surface area contributed by atoms with Gasteiger partial charge in [0.25, 0.3) is 5.91 Å². The average Bonchev–Trinajstić information content (AvgIpc) is 3.05. The van der Waals surface area contributed by atoms with E-state index in [0.29, 0.717) is 5.52 Å². The smallest absolute Gasteiger partial charge is 0.268 e. The number of hydrogen-bond acceptors (Lipinski definition) is 6. The van der Waals surface area contributed by atoms with Gasteiger partial charge in [-0.3, -0.25) is 4.79 Å². The molecule has 1 heterocycles. The first-order chi connectivity index (χ1) is 13.2. The van der Waals surface area contributed by atoms with Crippen LogP contribution in [0.2, 0.25) is 0 Å². The number of sulfonamides is 1. The molecule has 0 saturated carbocycles. The zero-order valence-electron chi connectivity index (χ0n) is 15.3. The third-order valence-corrected chi connectivity index (χ3v) is 5.74. The molecule has 0 radical (unpaired) electrons. The summed E-state index contributed by atoms with van der Waals surface area (Å²) in [4.78, 5) is 18.7. The number of nitrogens with zero attached hydrogens (tertiary/aromatic N) is 4. The number of fused-ring (bicyclic) bond motifs is 1. The van der Waals surface area contributed by atoms with E-state index in [0.717, 1.165) is 9.15 Å². The van der Waals surface area contributed by atoms with E-state index < -0.39 is 27.9 Å². The summed E-state index contributed by atoms with van der Waals surface area (Å²) in [5, 5.41) is 10.1. The predicted octanol–water partition coefficient (Wildman–Crippen LogP) is 1.28. The van der Waals surface area contributed by atoms with Crippen molar-refractivity contribution in [1.29, 1.82) is 0 Å². The Bertz CT molecular complexity index is 1130. The fourth-order valence-electron chi connectivity index (χ4n) is 2.32. The first kappa shape index (κ1) is 19.7. The fraction of sp³-hybridized carbons (Fsp3) is 0.235. The molecular weight excluding hydrogens is 389 g/mol. The minimum atomic E-state index is -3.67. The summed E-state index contributed by atoms with van der Waals surface area (Å²) in [7, 11) is -0.831. The molecule has 1 aromatic heterocycles. The summed E-state index contributed by atoms with van der Waals surface area (Å²) >= 11 is 0. The second kappa shape index (κ2) is 7.52. The highest BCUT2D eigenvalue weighted by Gasteiger charge is 2.21. The molecule has 0 aliphatic heterocycles. The van der Waals surface area contributed by atoms with E-state index in [-0.39, 0.29) is 16.1 Å². The summed E-state index contributed by atoms with van der Waals surface area (Å²) in [5.41, 5.74) is 0.679. The lowest BCUT2D eigenvalue weighted by atomic mass is 10.3. The van der Waals surface area contributed by atoms with E-state index in [1.165, 1.54) is 57.4 Å². The van der Waals surface area contributed by atoms with Crippen LogP contribution in [0.3, 0.4) is 0 Å². The highest BCUT2D eigenvalue weighted by molar-refractivity contribution is 7.89. The maximum atomic E-state index is 13.7. The molecule has 148 valence electrons. The van der Waals surface area contributed by atoms with Crippen LogP contribution in [-0.2, 0) is 14.8 Å². The van der Waals surface area contributed by atoms with Gasteiger partial charge in [-0.05, 0) is 42.5 Å². The number of anilines is 1. The molecule has 0 bridgehead atoms. The molecule has 28 heavy (non-hydrogen) atoms. The number of aromatic nitrogens is 3. The molecule has 1 atom stereocenters. The van der Waals surface area contributed by atoms with Gasteiger partial charge in [0, 0.05) is 14.1 Å². The zero-order chi connectivity index (χ0) is 20.5. The highest BCUT2D eigenvalue weighted by atomic mass is 32.2. The molecule has 0 spiro atoms. The van der Waals surface area contributed by atoms with E-state index in [2.05, 4.69) is 15.6 Å². The third kappa shape index (κ3) is 3.80. The second-order valence-electron chi connectivity index (χ2n) is 6.12. The van der Waals surface area contributed by atoms with Crippen molar-refractivity contribution in [2.45, 2.75) is 17.9 Å². The normalized spacial score (nSPS) is 12.9. The van der Waals surface area contributed by atoms with Crippen LogP contribution >= 0.6 is 0 Å². The topological polar surface area (TPSA) is 106 Å². The van der Waals surface area contributed by atoms with E-state index in [9.17, 15) is 17.6 Å². The van der Waals surface area contributed by atoms with Crippen molar-refractivity contribution >= 4 is 32.7 Å². The van der Waals surface area contributed by atoms with Gasteiger partial charge in [-0.2, -0.15) is 0 Å². The fourth-order valence-corrected chi connectivity index (χ4v) is 3.24. The Morgan fingerprint density at radius 3 is 2.64 bits per heavy atom. The minimum absolute atomic E-state index is 0.0192.